The highest BCUT2D eigenvalue weighted by atomic mass is 16.5. The highest BCUT2D eigenvalue weighted by molar-refractivity contribution is 5.94. The molecule has 4 nitrogen and oxygen atoms in total. The van der Waals surface area contributed by atoms with Crippen molar-refractivity contribution < 1.29 is 4.52 Å². The molecule has 0 saturated heterocycles. The van der Waals surface area contributed by atoms with Gasteiger partial charge in [0.05, 0.1) is 0 Å². The summed E-state index contributed by atoms with van der Waals surface area (Å²) in [5.41, 5.74) is 7.25. The van der Waals surface area contributed by atoms with Crippen LogP contribution in [-0.4, -0.2) is 16.2 Å². The molecule has 2 N–H and O–H groups in total. The van der Waals surface area contributed by atoms with E-state index in [1.54, 1.807) is 0 Å². The lowest BCUT2D eigenvalue weighted by Gasteiger charge is -2.27. The topological polar surface area (TPSA) is 64.9 Å². The van der Waals surface area contributed by atoms with E-state index in [0.29, 0.717) is 17.6 Å². The van der Waals surface area contributed by atoms with Crippen LogP contribution in [0.3, 0.4) is 0 Å². The lowest BCUT2D eigenvalue weighted by Crippen LogP contribution is -2.34. The third-order valence-electron chi connectivity index (χ3n) is 4.90. The molecule has 118 valence electrons. The van der Waals surface area contributed by atoms with E-state index in [1.165, 1.54) is 18.2 Å². The van der Waals surface area contributed by atoms with Crippen LogP contribution in [0.25, 0.3) is 22.2 Å². The van der Waals surface area contributed by atoms with Gasteiger partial charge in [-0.15, -0.1) is 0 Å². The SMILES string of the molecule is NC1CCCCC1Cc1nc(-c2cccc3ccccc23)no1. The summed E-state index contributed by atoms with van der Waals surface area (Å²) in [5, 5.41) is 6.54. The molecule has 0 aliphatic heterocycles. The van der Waals surface area contributed by atoms with Crippen LogP contribution >= 0.6 is 0 Å². The van der Waals surface area contributed by atoms with Crippen LogP contribution in [0.2, 0.25) is 0 Å². The molecule has 1 heterocycles. The van der Waals surface area contributed by atoms with Crippen molar-refractivity contribution in [1.82, 2.24) is 10.1 Å². The van der Waals surface area contributed by atoms with E-state index in [-0.39, 0.29) is 6.04 Å². The minimum Gasteiger partial charge on any atom is -0.339 e. The van der Waals surface area contributed by atoms with Crippen molar-refractivity contribution in [3.8, 4) is 11.4 Å². The van der Waals surface area contributed by atoms with Crippen molar-refractivity contribution >= 4 is 10.8 Å². The van der Waals surface area contributed by atoms with Crippen molar-refractivity contribution in [3.05, 3.63) is 48.4 Å². The molecule has 2 atom stereocenters. The summed E-state index contributed by atoms with van der Waals surface area (Å²) in [5.74, 6) is 1.83. The van der Waals surface area contributed by atoms with Gasteiger partial charge >= 0.3 is 0 Å². The van der Waals surface area contributed by atoms with Gasteiger partial charge in [-0.1, -0.05) is 60.5 Å². The quantitative estimate of drug-likeness (QED) is 0.795. The molecule has 2 unspecified atom stereocenters. The van der Waals surface area contributed by atoms with Gasteiger partial charge in [0, 0.05) is 18.0 Å². The summed E-state index contributed by atoms with van der Waals surface area (Å²) in [6.45, 7) is 0. The molecule has 23 heavy (non-hydrogen) atoms. The highest BCUT2D eigenvalue weighted by Gasteiger charge is 2.24. The molecule has 1 aliphatic rings. The molecule has 1 saturated carbocycles. The Bertz CT molecular complexity index is 806. The first-order valence-electron chi connectivity index (χ1n) is 8.37. The van der Waals surface area contributed by atoms with E-state index in [9.17, 15) is 0 Å². The third-order valence-corrected chi connectivity index (χ3v) is 4.90. The Labute approximate surface area is 135 Å². The van der Waals surface area contributed by atoms with E-state index in [4.69, 9.17) is 10.3 Å². The first-order valence-corrected chi connectivity index (χ1v) is 8.37. The number of nitrogens with zero attached hydrogens (tertiary/aromatic N) is 2. The second kappa shape index (κ2) is 6.13. The third kappa shape index (κ3) is 2.86. The van der Waals surface area contributed by atoms with Crippen molar-refractivity contribution in [2.24, 2.45) is 11.7 Å². The molecule has 0 bridgehead atoms. The molecule has 4 heteroatoms. The molecule has 1 fully saturated rings. The molecule has 0 amide bonds. The number of fused-ring (bicyclic) bond motifs is 1. The summed E-state index contributed by atoms with van der Waals surface area (Å²) in [7, 11) is 0. The summed E-state index contributed by atoms with van der Waals surface area (Å²) >= 11 is 0. The summed E-state index contributed by atoms with van der Waals surface area (Å²) in [4.78, 5) is 4.63. The van der Waals surface area contributed by atoms with Crippen LogP contribution < -0.4 is 5.73 Å². The Morgan fingerprint density at radius 1 is 1.04 bits per heavy atom. The minimum absolute atomic E-state index is 0.261. The van der Waals surface area contributed by atoms with Gasteiger partial charge in [0.2, 0.25) is 11.7 Å². The Kier molecular flexibility index (Phi) is 3.83. The summed E-state index contributed by atoms with van der Waals surface area (Å²) < 4.78 is 5.50. The zero-order valence-corrected chi connectivity index (χ0v) is 13.1. The predicted octanol–water partition coefficient (Wildman–Crippen LogP) is 3.95. The lowest BCUT2D eigenvalue weighted by atomic mass is 9.83. The van der Waals surface area contributed by atoms with Crippen molar-refractivity contribution in [2.45, 2.75) is 38.1 Å². The highest BCUT2D eigenvalue weighted by Crippen LogP contribution is 2.29. The zero-order chi connectivity index (χ0) is 15.6. The minimum atomic E-state index is 0.261. The molecule has 0 radical (unpaired) electrons. The van der Waals surface area contributed by atoms with Gasteiger partial charge in [-0.2, -0.15) is 4.98 Å². The standard InChI is InChI=1S/C19H21N3O/c20-17-11-4-2-7-14(17)12-18-21-19(22-23-18)16-10-5-8-13-6-1-3-9-15(13)16/h1,3,5-6,8-10,14,17H,2,4,7,11-12,20H2. The normalized spacial score (nSPS) is 21.6. The number of benzene rings is 2. The van der Waals surface area contributed by atoms with E-state index >= 15 is 0 Å². The average Bonchev–Trinajstić information content (AvgIpc) is 3.05. The largest absolute Gasteiger partial charge is 0.339 e. The molecular formula is C19H21N3O. The van der Waals surface area contributed by atoms with Gasteiger partial charge in [0.25, 0.3) is 0 Å². The van der Waals surface area contributed by atoms with Gasteiger partial charge in [0.1, 0.15) is 0 Å². The smallest absolute Gasteiger partial charge is 0.227 e. The second-order valence-electron chi connectivity index (χ2n) is 6.45. The number of hydrogen-bond donors (Lipinski definition) is 1. The van der Waals surface area contributed by atoms with Crippen LogP contribution in [0.5, 0.6) is 0 Å². The van der Waals surface area contributed by atoms with Crippen molar-refractivity contribution in [2.75, 3.05) is 0 Å². The molecule has 4 rings (SSSR count). The molecular weight excluding hydrogens is 286 g/mol. The van der Waals surface area contributed by atoms with E-state index in [0.717, 1.165) is 30.2 Å². The fraction of sp³-hybridized carbons (Fsp3) is 0.368. The average molecular weight is 307 g/mol. The van der Waals surface area contributed by atoms with Gasteiger partial charge in [-0.25, -0.2) is 0 Å². The van der Waals surface area contributed by atoms with Crippen molar-refractivity contribution in [3.63, 3.8) is 0 Å². The van der Waals surface area contributed by atoms with Crippen LogP contribution in [0, 0.1) is 5.92 Å². The summed E-state index contributed by atoms with van der Waals surface area (Å²) in [6, 6.07) is 14.7. The first-order chi connectivity index (χ1) is 11.3. The molecule has 0 spiro atoms. The Morgan fingerprint density at radius 2 is 1.87 bits per heavy atom. The number of hydrogen-bond acceptors (Lipinski definition) is 4. The molecule has 1 aliphatic carbocycles. The first kappa shape index (κ1) is 14.4. The maximum atomic E-state index is 6.23. The number of aromatic nitrogens is 2. The maximum absolute atomic E-state index is 6.23. The lowest BCUT2D eigenvalue weighted by molar-refractivity contribution is 0.273. The molecule has 3 aromatic rings. The molecule has 2 aromatic carbocycles. The number of nitrogens with two attached hydrogens (primary N) is 1. The van der Waals surface area contributed by atoms with Crippen LogP contribution in [0.4, 0.5) is 0 Å². The van der Waals surface area contributed by atoms with Crippen LogP contribution in [0.1, 0.15) is 31.6 Å². The molecule has 1 aromatic heterocycles. The van der Waals surface area contributed by atoms with E-state index in [1.807, 2.05) is 24.3 Å². The second-order valence-corrected chi connectivity index (χ2v) is 6.45. The Balaban J connectivity index is 1.62. The Hall–Kier alpha value is -2.20. The van der Waals surface area contributed by atoms with E-state index in [2.05, 4.69) is 28.3 Å². The number of rotatable bonds is 3. The fourth-order valence-corrected chi connectivity index (χ4v) is 3.58. The monoisotopic (exact) mass is 307 g/mol. The van der Waals surface area contributed by atoms with Crippen LogP contribution in [-0.2, 0) is 6.42 Å². The predicted molar refractivity (Wildman–Crippen MR) is 90.9 cm³/mol. The fourth-order valence-electron chi connectivity index (χ4n) is 3.58. The van der Waals surface area contributed by atoms with Gasteiger partial charge in [0.15, 0.2) is 0 Å². The van der Waals surface area contributed by atoms with Gasteiger partial charge in [-0.3, -0.25) is 0 Å². The zero-order valence-electron chi connectivity index (χ0n) is 13.1. The van der Waals surface area contributed by atoms with Gasteiger partial charge < -0.3 is 10.3 Å². The van der Waals surface area contributed by atoms with Crippen LogP contribution in [0.15, 0.2) is 47.0 Å². The maximum Gasteiger partial charge on any atom is 0.227 e. The van der Waals surface area contributed by atoms with Gasteiger partial charge in [-0.05, 0) is 29.5 Å². The summed E-state index contributed by atoms with van der Waals surface area (Å²) in [6.07, 6.45) is 5.55. The Morgan fingerprint density at radius 3 is 2.78 bits per heavy atom. The van der Waals surface area contributed by atoms with E-state index < -0.39 is 0 Å². The van der Waals surface area contributed by atoms with Crippen molar-refractivity contribution in [1.29, 1.82) is 0 Å².